The minimum atomic E-state index is 0.773. The van der Waals surface area contributed by atoms with Crippen molar-refractivity contribution in [2.24, 2.45) is 0 Å². The molecule has 0 aliphatic carbocycles. The Labute approximate surface area is 105 Å². The molecule has 0 amide bonds. The Balaban J connectivity index is 1.67. The van der Waals surface area contributed by atoms with E-state index in [1.807, 2.05) is 29.1 Å². The van der Waals surface area contributed by atoms with Crippen LogP contribution in [-0.2, 0) is 18.8 Å². The predicted molar refractivity (Wildman–Crippen MR) is 69.9 cm³/mol. The first kappa shape index (κ1) is 12.3. The lowest BCUT2D eigenvalue weighted by Crippen LogP contribution is -2.19. The molecule has 0 fully saturated rings. The van der Waals surface area contributed by atoms with Crippen LogP contribution in [0.3, 0.4) is 0 Å². The van der Waals surface area contributed by atoms with Crippen LogP contribution in [0, 0.1) is 0 Å². The van der Waals surface area contributed by atoms with Gasteiger partial charge < -0.3 is 9.73 Å². The zero-order valence-corrected chi connectivity index (χ0v) is 10.7. The molecule has 92 valence electrons. The number of furan rings is 1. The summed E-state index contributed by atoms with van der Waals surface area (Å²) in [6, 6.07) is 6.01. The highest BCUT2D eigenvalue weighted by Crippen LogP contribution is 2.12. The summed E-state index contributed by atoms with van der Waals surface area (Å²) in [6.07, 6.45) is 5.83. The molecule has 0 bridgehead atoms. The molecule has 17 heavy (non-hydrogen) atoms. The molecule has 2 rings (SSSR count). The Bertz CT molecular complexity index is 425. The molecule has 0 aliphatic rings. The summed E-state index contributed by atoms with van der Waals surface area (Å²) in [7, 11) is 0. The molecule has 0 saturated heterocycles. The van der Waals surface area contributed by atoms with Gasteiger partial charge in [0.05, 0.1) is 18.8 Å². The summed E-state index contributed by atoms with van der Waals surface area (Å²) in [5.41, 5.74) is 0. The number of thioether (sulfide) groups is 1. The van der Waals surface area contributed by atoms with Crippen LogP contribution in [0.5, 0.6) is 0 Å². The van der Waals surface area contributed by atoms with Crippen molar-refractivity contribution in [3.05, 3.63) is 42.1 Å². The number of rotatable bonds is 7. The van der Waals surface area contributed by atoms with Crippen LogP contribution in [0.1, 0.15) is 11.5 Å². The second kappa shape index (κ2) is 6.51. The first-order chi connectivity index (χ1) is 8.38. The molecular formula is C12H17N3OS. The Morgan fingerprint density at radius 3 is 3.06 bits per heavy atom. The Hall–Kier alpha value is -1.20. The lowest BCUT2D eigenvalue weighted by atomic mass is 10.4. The van der Waals surface area contributed by atoms with Gasteiger partial charge >= 0.3 is 0 Å². The van der Waals surface area contributed by atoms with Crippen molar-refractivity contribution in [3.63, 3.8) is 0 Å². The number of nitrogens with one attached hydrogen (secondary N) is 1. The van der Waals surface area contributed by atoms with Crippen LogP contribution in [0.15, 0.2) is 35.0 Å². The summed E-state index contributed by atoms with van der Waals surface area (Å²) in [5.74, 6) is 2.98. The summed E-state index contributed by atoms with van der Waals surface area (Å²) >= 11 is 1.77. The van der Waals surface area contributed by atoms with Crippen molar-refractivity contribution in [1.29, 1.82) is 0 Å². The van der Waals surface area contributed by atoms with Gasteiger partial charge in [-0.05, 0) is 24.5 Å². The number of hydrogen-bond donors (Lipinski definition) is 1. The van der Waals surface area contributed by atoms with Crippen LogP contribution in [-0.4, -0.2) is 22.6 Å². The Morgan fingerprint density at radius 1 is 1.41 bits per heavy atom. The quantitative estimate of drug-likeness (QED) is 0.766. The smallest absolute Gasteiger partial charge is 0.118 e. The zero-order chi connectivity index (χ0) is 11.9. The van der Waals surface area contributed by atoms with Crippen LogP contribution in [0.4, 0.5) is 0 Å². The minimum Gasteiger partial charge on any atom is -0.464 e. The first-order valence-corrected chi connectivity index (χ1v) is 7.02. The normalized spacial score (nSPS) is 10.9. The Kier molecular flexibility index (Phi) is 4.70. The topological polar surface area (TPSA) is 43.0 Å². The first-order valence-electron chi connectivity index (χ1n) is 5.63. The van der Waals surface area contributed by atoms with Crippen molar-refractivity contribution in [2.45, 2.75) is 18.8 Å². The molecule has 0 aliphatic heterocycles. The molecule has 0 saturated carbocycles. The average molecular weight is 251 g/mol. The highest BCUT2D eigenvalue weighted by atomic mass is 32.2. The molecule has 4 nitrogen and oxygen atoms in total. The van der Waals surface area contributed by atoms with E-state index in [4.69, 9.17) is 4.42 Å². The SMILES string of the molecule is CSCc1ccc(CNCCn2cccn2)o1. The van der Waals surface area contributed by atoms with Crippen molar-refractivity contribution >= 4 is 11.8 Å². The van der Waals surface area contributed by atoms with Gasteiger partial charge in [0.15, 0.2) is 0 Å². The van der Waals surface area contributed by atoms with E-state index in [1.54, 1.807) is 18.0 Å². The van der Waals surface area contributed by atoms with E-state index in [0.29, 0.717) is 0 Å². The van der Waals surface area contributed by atoms with E-state index in [-0.39, 0.29) is 0 Å². The Morgan fingerprint density at radius 2 is 2.29 bits per heavy atom. The third-order valence-corrected chi connectivity index (χ3v) is 2.95. The van der Waals surface area contributed by atoms with Crippen LogP contribution in [0.25, 0.3) is 0 Å². The predicted octanol–water partition coefficient (Wildman–Crippen LogP) is 2.13. The highest BCUT2D eigenvalue weighted by Gasteiger charge is 2.00. The lowest BCUT2D eigenvalue weighted by Gasteiger charge is -2.03. The third-order valence-electron chi connectivity index (χ3n) is 2.38. The van der Waals surface area contributed by atoms with E-state index >= 15 is 0 Å². The maximum atomic E-state index is 5.66. The summed E-state index contributed by atoms with van der Waals surface area (Å²) in [6.45, 7) is 2.54. The van der Waals surface area contributed by atoms with Gasteiger partial charge in [-0.2, -0.15) is 16.9 Å². The molecule has 0 spiro atoms. The fourth-order valence-corrected chi connectivity index (χ4v) is 2.01. The summed E-state index contributed by atoms with van der Waals surface area (Å²) in [4.78, 5) is 0. The second-order valence-corrected chi connectivity index (χ2v) is 4.61. The zero-order valence-electron chi connectivity index (χ0n) is 9.93. The molecule has 0 atom stereocenters. The average Bonchev–Trinajstić information content (AvgIpc) is 2.96. The van der Waals surface area contributed by atoms with Gasteiger partial charge in [-0.3, -0.25) is 4.68 Å². The van der Waals surface area contributed by atoms with Crippen LogP contribution < -0.4 is 5.32 Å². The summed E-state index contributed by atoms with van der Waals surface area (Å²) in [5, 5.41) is 7.47. The molecule has 0 radical (unpaired) electrons. The maximum Gasteiger partial charge on any atom is 0.118 e. The second-order valence-electron chi connectivity index (χ2n) is 3.75. The van der Waals surface area contributed by atoms with E-state index in [1.165, 1.54) is 0 Å². The highest BCUT2D eigenvalue weighted by molar-refractivity contribution is 7.97. The molecule has 0 unspecified atom stereocenters. The maximum absolute atomic E-state index is 5.66. The monoisotopic (exact) mass is 251 g/mol. The van der Waals surface area contributed by atoms with Crippen molar-refractivity contribution in [3.8, 4) is 0 Å². The third kappa shape index (κ3) is 3.94. The minimum absolute atomic E-state index is 0.773. The molecule has 2 heterocycles. The van der Waals surface area contributed by atoms with E-state index in [0.717, 1.165) is 36.9 Å². The van der Waals surface area contributed by atoms with Gasteiger partial charge in [0.2, 0.25) is 0 Å². The van der Waals surface area contributed by atoms with Gasteiger partial charge in [0.1, 0.15) is 11.5 Å². The fourth-order valence-electron chi connectivity index (χ4n) is 1.58. The van der Waals surface area contributed by atoms with Gasteiger partial charge in [-0.15, -0.1) is 0 Å². The van der Waals surface area contributed by atoms with Gasteiger partial charge in [-0.25, -0.2) is 0 Å². The standard InChI is InChI=1S/C12H17N3OS/c1-17-10-12-4-3-11(16-12)9-13-6-8-15-7-2-5-14-15/h2-5,7,13H,6,8-10H2,1H3. The molecule has 1 N–H and O–H groups in total. The molecule has 2 aromatic heterocycles. The van der Waals surface area contributed by atoms with Crippen molar-refractivity contribution < 1.29 is 4.42 Å². The van der Waals surface area contributed by atoms with Gasteiger partial charge in [-0.1, -0.05) is 0 Å². The molecule has 0 aromatic carbocycles. The van der Waals surface area contributed by atoms with Crippen molar-refractivity contribution in [2.75, 3.05) is 12.8 Å². The fraction of sp³-hybridized carbons (Fsp3) is 0.417. The molecule has 5 heteroatoms. The van der Waals surface area contributed by atoms with E-state index in [2.05, 4.69) is 16.7 Å². The van der Waals surface area contributed by atoms with Crippen molar-refractivity contribution in [1.82, 2.24) is 15.1 Å². The van der Waals surface area contributed by atoms with E-state index in [9.17, 15) is 0 Å². The largest absolute Gasteiger partial charge is 0.464 e. The van der Waals surface area contributed by atoms with Crippen LogP contribution in [0.2, 0.25) is 0 Å². The van der Waals surface area contributed by atoms with E-state index < -0.39 is 0 Å². The molecule has 2 aromatic rings. The van der Waals surface area contributed by atoms with Gasteiger partial charge in [0, 0.05) is 18.9 Å². The van der Waals surface area contributed by atoms with Gasteiger partial charge in [0.25, 0.3) is 0 Å². The number of nitrogens with zero attached hydrogens (tertiary/aromatic N) is 2. The number of hydrogen-bond acceptors (Lipinski definition) is 4. The molecular weight excluding hydrogens is 234 g/mol. The summed E-state index contributed by atoms with van der Waals surface area (Å²) < 4.78 is 7.57. The van der Waals surface area contributed by atoms with Crippen LogP contribution >= 0.6 is 11.8 Å². The lowest BCUT2D eigenvalue weighted by molar-refractivity contribution is 0.451. The number of aromatic nitrogens is 2.